The molecule has 0 bridgehead atoms. The topological polar surface area (TPSA) is 70.6 Å². The number of aliphatic hydroxyl groups is 1. The van der Waals surface area contributed by atoms with Crippen LogP contribution >= 0.6 is 50.1 Å². The van der Waals surface area contributed by atoms with Gasteiger partial charge in [0.15, 0.2) is 0 Å². The summed E-state index contributed by atoms with van der Waals surface area (Å²) < 4.78 is 15.1. The number of hydrogen-bond acceptors (Lipinski definition) is 4. The lowest BCUT2D eigenvalue weighted by Gasteiger charge is -2.16. The van der Waals surface area contributed by atoms with Crippen LogP contribution in [0.2, 0.25) is 5.02 Å². The average molecular weight is 558 g/mol. The van der Waals surface area contributed by atoms with E-state index in [0.29, 0.717) is 17.1 Å². The monoisotopic (exact) mass is 556 g/mol. The number of rotatable bonds is 7. The van der Waals surface area contributed by atoms with Gasteiger partial charge in [-0.1, -0.05) is 11.6 Å². The summed E-state index contributed by atoms with van der Waals surface area (Å²) in [7, 11) is 0. The molecule has 0 radical (unpaired) electrons. The van der Waals surface area contributed by atoms with Crippen molar-refractivity contribution in [2.75, 3.05) is 11.9 Å². The Labute approximate surface area is 177 Å². The second-order valence-corrected chi connectivity index (χ2v) is 7.94. The standard InChI is InChI=1S/C17H16BrClFIN2O3/c1-9(4-5-24)26-23-17(25)11-7-12(18)14(20)8-16(11)22-15-3-2-10(21)6-13(15)19/h2-3,6-9,22,24H,4-5H2,1H3,(H,23,25). The summed E-state index contributed by atoms with van der Waals surface area (Å²) >= 11 is 11.4. The lowest BCUT2D eigenvalue weighted by Crippen LogP contribution is -2.29. The van der Waals surface area contributed by atoms with Crippen LogP contribution in [-0.4, -0.2) is 23.7 Å². The van der Waals surface area contributed by atoms with Gasteiger partial charge in [0, 0.05) is 10.2 Å². The molecule has 0 aromatic heterocycles. The van der Waals surface area contributed by atoms with Gasteiger partial charge in [-0.05, 0) is 82.2 Å². The van der Waals surface area contributed by atoms with Crippen LogP contribution in [0.5, 0.6) is 0 Å². The fourth-order valence-electron chi connectivity index (χ4n) is 2.02. The smallest absolute Gasteiger partial charge is 0.277 e. The molecule has 0 saturated carbocycles. The molecule has 0 aliphatic rings. The summed E-state index contributed by atoms with van der Waals surface area (Å²) in [5.41, 5.74) is 3.26. The van der Waals surface area contributed by atoms with E-state index in [0.717, 1.165) is 3.57 Å². The molecule has 0 saturated heterocycles. The first-order chi connectivity index (χ1) is 12.3. The van der Waals surface area contributed by atoms with Crippen LogP contribution in [0.4, 0.5) is 15.8 Å². The normalized spacial score (nSPS) is 11.9. The van der Waals surface area contributed by atoms with Gasteiger partial charge < -0.3 is 10.4 Å². The Morgan fingerprint density at radius 2 is 2.12 bits per heavy atom. The third-order valence-electron chi connectivity index (χ3n) is 3.39. The SMILES string of the molecule is CC(CCO)ONC(=O)c1cc(Br)c(F)cc1Nc1ccc(I)cc1Cl. The number of halogens is 4. The Hall–Kier alpha value is -0.940. The molecule has 26 heavy (non-hydrogen) atoms. The Bertz CT molecular complexity index is 810. The average Bonchev–Trinajstić information content (AvgIpc) is 2.58. The van der Waals surface area contributed by atoms with E-state index in [-0.39, 0.29) is 28.4 Å². The van der Waals surface area contributed by atoms with E-state index in [2.05, 4.69) is 49.3 Å². The van der Waals surface area contributed by atoms with Crippen LogP contribution in [0.3, 0.4) is 0 Å². The maximum atomic E-state index is 14.0. The molecule has 0 aliphatic carbocycles. The van der Waals surface area contributed by atoms with Crippen molar-refractivity contribution in [3.05, 3.63) is 54.8 Å². The highest BCUT2D eigenvalue weighted by molar-refractivity contribution is 14.1. The van der Waals surface area contributed by atoms with Crippen LogP contribution < -0.4 is 10.8 Å². The molecular weight excluding hydrogens is 541 g/mol. The van der Waals surface area contributed by atoms with E-state index in [1.165, 1.54) is 12.1 Å². The minimum absolute atomic E-state index is 0.0583. The molecule has 2 aromatic rings. The number of nitrogens with one attached hydrogen (secondary N) is 2. The van der Waals surface area contributed by atoms with Gasteiger partial charge in [0.25, 0.3) is 5.91 Å². The summed E-state index contributed by atoms with van der Waals surface area (Å²) in [6.45, 7) is 1.65. The molecule has 2 rings (SSSR count). The highest BCUT2D eigenvalue weighted by Gasteiger charge is 2.17. The summed E-state index contributed by atoms with van der Waals surface area (Å²) in [4.78, 5) is 17.6. The molecule has 1 amide bonds. The lowest BCUT2D eigenvalue weighted by atomic mass is 10.1. The van der Waals surface area contributed by atoms with Gasteiger partial charge in [0.2, 0.25) is 0 Å². The largest absolute Gasteiger partial charge is 0.396 e. The minimum Gasteiger partial charge on any atom is -0.396 e. The minimum atomic E-state index is -0.556. The van der Waals surface area contributed by atoms with E-state index in [1.54, 1.807) is 19.1 Å². The second-order valence-electron chi connectivity index (χ2n) is 5.43. The fourth-order valence-corrected chi connectivity index (χ4v) is 3.27. The van der Waals surface area contributed by atoms with Crippen molar-refractivity contribution in [2.24, 2.45) is 0 Å². The number of hydrogen-bond donors (Lipinski definition) is 3. The molecule has 140 valence electrons. The van der Waals surface area contributed by atoms with Crippen LogP contribution in [0, 0.1) is 9.39 Å². The first kappa shape index (κ1) is 21.4. The van der Waals surface area contributed by atoms with Crippen LogP contribution in [0.25, 0.3) is 0 Å². The van der Waals surface area contributed by atoms with E-state index >= 15 is 0 Å². The number of benzene rings is 2. The molecule has 3 N–H and O–H groups in total. The zero-order valence-electron chi connectivity index (χ0n) is 13.7. The highest BCUT2D eigenvalue weighted by Crippen LogP contribution is 2.31. The molecule has 9 heteroatoms. The zero-order valence-corrected chi connectivity index (χ0v) is 18.2. The number of hydroxylamine groups is 1. The van der Waals surface area contributed by atoms with Crippen LogP contribution in [-0.2, 0) is 4.84 Å². The molecule has 2 aromatic carbocycles. The number of aliphatic hydroxyl groups excluding tert-OH is 1. The van der Waals surface area contributed by atoms with Gasteiger partial charge in [-0.3, -0.25) is 9.63 Å². The maximum absolute atomic E-state index is 14.0. The lowest BCUT2D eigenvalue weighted by molar-refractivity contribution is -0.0167. The Morgan fingerprint density at radius 3 is 2.77 bits per heavy atom. The molecule has 0 fully saturated rings. The Balaban J connectivity index is 2.28. The van der Waals surface area contributed by atoms with Crippen molar-refractivity contribution < 1.29 is 19.1 Å². The van der Waals surface area contributed by atoms with E-state index in [1.807, 2.05) is 6.07 Å². The Morgan fingerprint density at radius 1 is 1.38 bits per heavy atom. The fraction of sp³-hybridized carbons (Fsp3) is 0.235. The van der Waals surface area contributed by atoms with E-state index < -0.39 is 11.7 Å². The number of carbonyl (C=O) groups is 1. The summed E-state index contributed by atoms with van der Waals surface area (Å²) in [5, 5.41) is 12.3. The van der Waals surface area contributed by atoms with Crippen LogP contribution in [0.1, 0.15) is 23.7 Å². The van der Waals surface area contributed by atoms with Gasteiger partial charge in [-0.15, -0.1) is 0 Å². The molecule has 0 aliphatic heterocycles. The van der Waals surface area contributed by atoms with Crippen molar-refractivity contribution in [1.82, 2.24) is 5.48 Å². The van der Waals surface area contributed by atoms with Gasteiger partial charge >= 0.3 is 0 Å². The third kappa shape index (κ3) is 5.78. The van der Waals surface area contributed by atoms with Gasteiger partial charge in [-0.25, -0.2) is 9.87 Å². The van der Waals surface area contributed by atoms with Crippen molar-refractivity contribution >= 4 is 67.4 Å². The number of carbonyl (C=O) groups excluding carboxylic acids is 1. The van der Waals surface area contributed by atoms with Gasteiger partial charge in [-0.2, -0.15) is 0 Å². The molecule has 1 unspecified atom stereocenters. The second kappa shape index (κ2) is 9.84. The molecule has 0 heterocycles. The van der Waals surface area contributed by atoms with Crippen molar-refractivity contribution in [3.63, 3.8) is 0 Å². The van der Waals surface area contributed by atoms with Crippen molar-refractivity contribution in [3.8, 4) is 0 Å². The predicted molar refractivity (Wildman–Crippen MR) is 111 cm³/mol. The first-order valence-electron chi connectivity index (χ1n) is 7.59. The van der Waals surface area contributed by atoms with Crippen LogP contribution in [0.15, 0.2) is 34.8 Å². The highest BCUT2D eigenvalue weighted by atomic mass is 127. The molecule has 1 atom stereocenters. The van der Waals surface area contributed by atoms with Gasteiger partial charge in [0.05, 0.1) is 32.5 Å². The predicted octanol–water partition coefficient (Wildman–Crippen LogP) is 5.02. The molecule has 0 spiro atoms. The van der Waals surface area contributed by atoms with Crippen molar-refractivity contribution in [1.29, 1.82) is 0 Å². The maximum Gasteiger partial charge on any atom is 0.277 e. The first-order valence-corrected chi connectivity index (χ1v) is 9.84. The van der Waals surface area contributed by atoms with Gasteiger partial charge in [0.1, 0.15) is 5.82 Å². The Kier molecular flexibility index (Phi) is 8.08. The van der Waals surface area contributed by atoms with E-state index in [4.69, 9.17) is 21.5 Å². The number of amides is 1. The molecule has 5 nitrogen and oxygen atoms in total. The summed E-state index contributed by atoms with van der Waals surface area (Å²) in [6, 6.07) is 7.88. The number of anilines is 2. The van der Waals surface area contributed by atoms with Crippen molar-refractivity contribution in [2.45, 2.75) is 19.4 Å². The third-order valence-corrected chi connectivity index (χ3v) is 4.99. The quantitative estimate of drug-likeness (QED) is 0.330. The zero-order chi connectivity index (χ0) is 19.3. The van der Waals surface area contributed by atoms with E-state index in [9.17, 15) is 9.18 Å². The summed E-state index contributed by atoms with van der Waals surface area (Å²) in [6.07, 6.45) is 0.00594. The molecular formula is C17H16BrClFIN2O3. The summed E-state index contributed by atoms with van der Waals surface area (Å²) in [5.74, 6) is -1.08.